The van der Waals surface area contributed by atoms with Gasteiger partial charge < -0.3 is 10.5 Å². The predicted molar refractivity (Wildman–Crippen MR) is 62.7 cm³/mol. The Balaban J connectivity index is 2.67. The minimum absolute atomic E-state index is 0.0531. The summed E-state index contributed by atoms with van der Waals surface area (Å²) >= 11 is 0. The normalized spacial score (nSPS) is 10.9. The molecule has 0 aliphatic heterocycles. The van der Waals surface area contributed by atoms with Gasteiger partial charge in [-0.1, -0.05) is 0 Å². The zero-order valence-electron chi connectivity index (χ0n) is 9.21. The number of nitrogens with one attached hydrogen (secondary N) is 1. The number of nitrogens with two attached hydrogens (primary N) is 1. The number of hydrogen-bond donors (Lipinski definition) is 2. The van der Waals surface area contributed by atoms with Crippen molar-refractivity contribution in [3.05, 3.63) is 18.3 Å². The second kappa shape index (κ2) is 5.48. The van der Waals surface area contributed by atoms with Crippen LogP contribution in [0.2, 0.25) is 0 Å². The summed E-state index contributed by atoms with van der Waals surface area (Å²) in [5.74, 6) is -0.919. The largest absolute Gasteiger partial charge is 0.469 e. The highest BCUT2D eigenvalue weighted by Gasteiger charge is 2.15. The minimum Gasteiger partial charge on any atom is -0.469 e. The lowest BCUT2D eigenvalue weighted by Gasteiger charge is -2.08. The lowest BCUT2D eigenvalue weighted by molar-refractivity contribution is -0.140. The Morgan fingerprint density at radius 3 is 2.88 bits per heavy atom. The van der Waals surface area contributed by atoms with Crippen LogP contribution < -0.4 is 10.5 Å². The standard InChI is InChI=1S/C9H13N3O4S/c1-16-8(13)4-6-17(14,15)12-9-7(10)3-2-5-11-9/h2-3,5H,4,6,10H2,1H3,(H,11,12). The first-order valence-electron chi connectivity index (χ1n) is 4.72. The van der Waals surface area contributed by atoms with Gasteiger partial charge in [-0.2, -0.15) is 0 Å². The molecule has 1 rings (SSSR count). The molecule has 0 aromatic carbocycles. The number of ether oxygens (including phenoxy) is 1. The van der Waals surface area contributed by atoms with Gasteiger partial charge in [0.05, 0.1) is 25.0 Å². The zero-order valence-corrected chi connectivity index (χ0v) is 10.0. The Kier molecular flexibility index (Phi) is 4.27. The summed E-state index contributed by atoms with van der Waals surface area (Å²) in [6.45, 7) is 0. The lowest BCUT2D eigenvalue weighted by atomic mass is 10.4. The van der Waals surface area contributed by atoms with Crippen molar-refractivity contribution in [2.75, 3.05) is 23.3 Å². The summed E-state index contributed by atoms with van der Waals surface area (Å²) in [6, 6.07) is 3.10. The van der Waals surface area contributed by atoms with Crippen molar-refractivity contribution in [3.63, 3.8) is 0 Å². The topological polar surface area (TPSA) is 111 Å². The van der Waals surface area contributed by atoms with Crippen molar-refractivity contribution in [3.8, 4) is 0 Å². The molecule has 94 valence electrons. The zero-order chi connectivity index (χ0) is 12.9. The monoisotopic (exact) mass is 259 g/mol. The van der Waals surface area contributed by atoms with E-state index in [9.17, 15) is 13.2 Å². The van der Waals surface area contributed by atoms with Crippen LogP contribution >= 0.6 is 0 Å². The van der Waals surface area contributed by atoms with E-state index in [1.807, 2.05) is 0 Å². The molecule has 1 aromatic heterocycles. The SMILES string of the molecule is COC(=O)CCS(=O)(=O)Nc1ncccc1N. The van der Waals surface area contributed by atoms with E-state index in [0.29, 0.717) is 0 Å². The van der Waals surface area contributed by atoms with Gasteiger partial charge in [-0.3, -0.25) is 9.52 Å². The molecule has 7 nitrogen and oxygen atoms in total. The minimum atomic E-state index is -3.66. The van der Waals surface area contributed by atoms with Crippen molar-refractivity contribution in [2.45, 2.75) is 6.42 Å². The van der Waals surface area contributed by atoms with Crippen LogP contribution in [0.3, 0.4) is 0 Å². The maximum absolute atomic E-state index is 11.6. The Bertz CT molecular complexity index is 501. The molecule has 0 atom stereocenters. The number of aromatic nitrogens is 1. The Labute approximate surface area is 99.0 Å². The number of carbonyl (C=O) groups is 1. The third kappa shape index (κ3) is 4.27. The Morgan fingerprint density at radius 2 is 2.29 bits per heavy atom. The molecule has 0 unspecified atom stereocenters. The molecule has 1 heterocycles. The first-order chi connectivity index (χ1) is 7.94. The molecule has 0 bridgehead atoms. The van der Waals surface area contributed by atoms with Gasteiger partial charge in [0.15, 0.2) is 5.82 Å². The number of hydrogen-bond acceptors (Lipinski definition) is 6. The summed E-state index contributed by atoms with van der Waals surface area (Å²) in [7, 11) is -2.46. The van der Waals surface area contributed by atoms with Gasteiger partial charge in [0.1, 0.15) is 0 Å². The number of sulfonamides is 1. The van der Waals surface area contributed by atoms with Gasteiger partial charge in [-0.25, -0.2) is 13.4 Å². The summed E-state index contributed by atoms with van der Waals surface area (Å²) < 4.78 is 29.7. The van der Waals surface area contributed by atoms with Gasteiger partial charge in [0.2, 0.25) is 10.0 Å². The van der Waals surface area contributed by atoms with E-state index in [4.69, 9.17) is 5.73 Å². The van der Waals surface area contributed by atoms with Crippen molar-refractivity contribution in [1.82, 2.24) is 4.98 Å². The lowest BCUT2D eigenvalue weighted by Crippen LogP contribution is -2.20. The average Bonchev–Trinajstić information content (AvgIpc) is 2.29. The van der Waals surface area contributed by atoms with E-state index in [2.05, 4.69) is 14.4 Å². The van der Waals surface area contributed by atoms with Crippen LogP contribution in [-0.4, -0.2) is 32.2 Å². The molecular weight excluding hydrogens is 246 g/mol. The molecule has 0 radical (unpaired) electrons. The maximum Gasteiger partial charge on any atom is 0.306 e. The summed E-state index contributed by atoms with van der Waals surface area (Å²) in [5.41, 5.74) is 5.75. The van der Waals surface area contributed by atoms with Crippen molar-refractivity contribution in [2.24, 2.45) is 0 Å². The molecule has 0 amide bonds. The fourth-order valence-corrected chi connectivity index (χ4v) is 2.02. The van der Waals surface area contributed by atoms with Crippen LogP contribution in [0.25, 0.3) is 0 Å². The van der Waals surface area contributed by atoms with Crippen LogP contribution in [0.4, 0.5) is 11.5 Å². The van der Waals surface area contributed by atoms with Gasteiger partial charge in [-0.15, -0.1) is 0 Å². The van der Waals surface area contributed by atoms with Crippen LogP contribution in [0.1, 0.15) is 6.42 Å². The molecule has 8 heteroatoms. The highest BCUT2D eigenvalue weighted by atomic mass is 32.2. The molecule has 0 aliphatic rings. The molecule has 1 aromatic rings. The molecule has 0 aliphatic carbocycles. The molecule has 0 spiro atoms. The second-order valence-electron chi connectivity index (χ2n) is 3.19. The van der Waals surface area contributed by atoms with Gasteiger partial charge in [0, 0.05) is 6.20 Å². The summed E-state index contributed by atoms with van der Waals surface area (Å²) in [6.07, 6.45) is 1.19. The number of carbonyl (C=O) groups excluding carboxylic acids is 1. The van der Waals surface area contributed by atoms with E-state index < -0.39 is 16.0 Å². The number of nitrogens with zero attached hydrogens (tertiary/aromatic N) is 1. The highest BCUT2D eigenvalue weighted by Crippen LogP contribution is 2.14. The van der Waals surface area contributed by atoms with Crippen LogP contribution in [-0.2, 0) is 19.6 Å². The van der Waals surface area contributed by atoms with Crippen LogP contribution in [0.5, 0.6) is 0 Å². The molecule has 3 N–H and O–H groups in total. The predicted octanol–water partition coefficient (Wildman–Crippen LogP) is -0.0314. The molecule has 17 heavy (non-hydrogen) atoms. The third-order valence-electron chi connectivity index (χ3n) is 1.89. The summed E-state index contributed by atoms with van der Waals surface area (Å²) in [4.78, 5) is 14.6. The molecular formula is C9H13N3O4S. The fraction of sp³-hybridized carbons (Fsp3) is 0.333. The number of pyridine rings is 1. The Hall–Kier alpha value is -1.83. The van der Waals surface area contributed by atoms with E-state index in [-0.39, 0.29) is 23.7 Å². The molecule has 0 saturated carbocycles. The average molecular weight is 259 g/mol. The van der Waals surface area contributed by atoms with Crippen molar-refractivity contribution < 1.29 is 17.9 Å². The molecule has 0 fully saturated rings. The van der Waals surface area contributed by atoms with Crippen LogP contribution in [0, 0.1) is 0 Å². The van der Waals surface area contributed by atoms with Crippen molar-refractivity contribution >= 4 is 27.5 Å². The smallest absolute Gasteiger partial charge is 0.306 e. The van der Waals surface area contributed by atoms with E-state index >= 15 is 0 Å². The van der Waals surface area contributed by atoms with E-state index in [0.717, 1.165) is 0 Å². The quantitative estimate of drug-likeness (QED) is 0.718. The van der Waals surface area contributed by atoms with Crippen molar-refractivity contribution in [1.29, 1.82) is 0 Å². The number of anilines is 2. The van der Waals surface area contributed by atoms with Gasteiger partial charge >= 0.3 is 5.97 Å². The van der Waals surface area contributed by atoms with E-state index in [1.54, 1.807) is 6.07 Å². The second-order valence-corrected chi connectivity index (χ2v) is 5.03. The number of nitrogen functional groups attached to an aromatic ring is 1. The maximum atomic E-state index is 11.6. The highest BCUT2D eigenvalue weighted by molar-refractivity contribution is 7.92. The Morgan fingerprint density at radius 1 is 1.59 bits per heavy atom. The first kappa shape index (κ1) is 13.2. The molecule has 0 saturated heterocycles. The first-order valence-corrected chi connectivity index (χ1v) is 6.37. The number of esters is 1. The third-order valence-corrected chi connectivity index (χ3v) is 3.14. The number of rotatable bonds is 5. The fourth-order valence-electron chi connectivity index (χ4n) is 1.02. The summed E-state index contributed by atoms with van der Waals surface area (Å²) in [5, 5.41) is 0. The number of methoxy groups -OCH3 is 1. The van der Waals surface area contributed by atoms with Crippen LogP contribution in [0.15, 0.2) is 18.3 Å². The van der Waals surface area contributed by atoms with E-state index in [1.165, 1.54) is 19.4 Å². The van der Waals surface area contributed by atoms with Gasteiger partial charge in [0.25, 0.3) is 0 Å². The van der Waals surface area contributed by atoms with Gasteiger partial charge in [-0.05, 0) is 12.1 Å².